The van der Waals surface area contributed by atoms with E-state index >= 15 is 0 Å². The van der Waals surface area contributed by atoms with E-state index in [-0.39, 0.29) is 5.91 Å². The van der Waals surface area contributed by atoms with Crippen molar-refractivity contribution in [3.8, 4) is 0 Å². The molecule has 116 valence electrons. The first-order valence-electron chi connectivity index (χ1n) is 6.39. The largest absolute Gasteiger partial charge is 0.365 e. The van der Waals surface area contributed by atoms with Gasteiger partial charge in [0, 0.05) is 9.77 Å². The van der Waals surface area contributed by atoms with E-state index in [0.29, 0.717) is 21.2 Å². The number of amides is 2. The van der Waals surface area contributed by atoms with Gasteiger partial charge in [0.25, 0.3) is 11.8 Å². The van der Waals surface area contributed by atoms with E-state index in [0.717, 1.165) is 15.3 Å². The van der Waals surface area contributed by atoms with Crippen molar-refractivity contribution in [3.05, 3.63) is 44.8 Å². The van der Waals surface area contributed by atoms with Crippen LogP contribution in [-0.2, 0) is 0 Å². The fourth-order valence-corrected chi connectivity index (χ4v) is 3.69. The summed E-state index contributed by atoms with van der Waals surface area (Å²) < 4.78 is 0. The third-order valence-electron chi connectivity index (χ3n) is 3.28. The molecule has 2 amide bonds. The van der Waals surface area contributed by atoms with E-state index in [1.165, 1.54) is 23.1 Å². The lowest BCUT2D eigenvalue weighted by molar-refractivity contribution is 0.100. The Morgan fingerprint density at radius 3 is 2.59 bits per heavy atom. The Hall–Kier alpha value is -1.50. The number of carbonyl (C=O) groups is 2. The van der Waals surface area contributed by atoms with Gasteiger partial charge in [-0.15, -0.1) is 23.1 Å². The molecule has 0 fully saturated rings. The van der Waals surface area contributed by atoms with Crippen molar-refractivity contribution in [2.24, 2.45) is 5.73 Å². The van der Waals surface area contributed by atoms with Gasteiger partial charge in [0.1, 0.15) is 5.00 Å². The van der Waals surface area contributed by atoms with Crippen LogP contribution in [0.15, 0.2) is 23.1 Å². The minimum Gasteiger partial charge on any atom is -0.365 e. The second-order valence-electron chi connectivity index (χ2n) is 4.65. The molecular weight excluding hydrogens is 340 g/mol. The average Bonchev–Trinajstić information content (AvgIpc) is 2.74. The van der Waals surface area contributed by atoms with Crippen LogP contribution in [0, 0.1) is 13.8 Å². The molecule has 0 aliphatic rings. The van der Waals surface area contributed by atoms with E-state index in [9.17, 15) is 9.59 Å². The maximum atomic E-state index is 12.4. The van der Waals surface area contributed by atoms with Crippen molar-refractivity contribution < 1.29 is 9.59 Å². The first-order chi connectivity index (χ1) is 10.3. The van der Waals surface area contributed by atoms with Gasteiger partial charge < -0.3 is 11.1 Å². The van der Waals surface area contributed by atoms with Crippen LogP contribution in [-0.4, -0.2) is 18.1 Å². The zero-order chi connectivity index (χ0) is 16.4. The topological polar surface area (TPSA) is 72.2 Å². The predicted molar refractivity (Wildman–Crippen MR) is 93.5 cm³/mol. The van der Waals surface area contributed by atoms with Crippen molar-refractivity contribution in [2.45, 2.75) is 18.7 Å². The molecule has 0 spiro atoms. The lowest BCUT2D eigenvalue weighted by Crippen LogP contribution is -2.17. The van der Waals surface area contributed by atoms with Gasteiger partial charge in [-0.1, -0.05) is 11.6 Å². The normalized spacial score (nSPS) is 10.5. The van der Waals surface area contributed by atoms with Crippen molar-refractivity contribution in [1.29, 1.82) is 0 Å². The van der Waals surface area contributed by atoms with E-state index < -0.39 is 5.91 Å². The molecule has 2 rings (SSSR count). The number of thiophene rings is 1. The molecule has 1 aromatic heterocycles. The van der Waals surface area contributed by atoms with Crippen LogP contribution in [0.4, 0.5) is 5.00 Å². The molecule has 4 nitrogen and oxygen atoms in total. The fraction of sp³-hybridized carbons (Fsp3) is 0.200. The van der Waals surface area contributed by atoms with Crippen molar-refractivity contribution in [3.63, 3.8) is 0 Å². The summed E-state index contributed by atoms with van der Waals surface area (Å²) in [5.74, 6) is -0.911. The van der Waals surface area contributed by atoms with Crippen LogP contribution >= 0.6 is 34.7 Å². The molecule has 0 unspecified atom stereocenters. The first kappa shape index (κ1) is 16.9. The van der Waals surface area contributed by atoms with Crippen LogP contribution < -0.4 is 11.1 Å². The number of benzene rings is 1. The molecule has 7 heteroatoms. The van der Waals surface area contributed by atoms with Crippen LogP contribution in [0.25, 0.3) is 0 Å². The van der Waals surface area contributed by atoms with E-state index in [2.05, 4.69) is 5.32 Å². The van der Waals surface area contributed by atoms with Gasteiger partial charge in [0.05, 0.1) is 16.1 Å². The zero-order valence-corrected chi connectivity index (χ0v) is 14.7. The SMILES string of the molecule is CSc1ccc(Cl)c(C(=O)Nc2sc(C)c(C)c2C(N)=O)c1. The Morgan fingerprint density at radius 2 is 2.00 bits per heavy atom. The van der Waals surface area contributed by atoms with Crippen LogP contribution in [0.5, 0.6) is 0 Å². The van der Waals surface area contributed by atoms with Gasteiger partial charge in [-0.3, -0.25) is 9.59 Å². The summed E-state index contributed by atoms with van der Waals surface area (Å²) in [5.41, 5.74) is 6.92. The number of nitrogens with two attached hydrogens (primary N) is 1. The number of primary amides is 1. The molecule has 0 radical (unpaired) electrons. The maximum Gasteiger partial charge on any atom is 0.257 e. The standard InChI is InChI=1S/C15H15ClN2O2S2/c1-7-8(2)22-15(12(7)13(17)19)18-14(20)10-6-9(21-3)4-5-11(10)16/h4-6H,1-3H3,(H2,17,19)(H,18,20). The quantitative estimate of drug-likeness (QED) is 0.812. The second-order valence-corrected chi connectivity index (χ2v) is 7.16. The second kappa shape index (κ2) is 6.73. The van der Waals surface area contributed by atoms with Gasteiger partial charge in [-0.05, 0) is 43.9 Å². The van der Waals surface area contributed by atoms with Crippen molar-refractivity contribution >= 4 is 51.5 Å². The third kappa shape index (κ3) is 3.29. The molecule has 2 aromatic rings. The number of thioether (sulfide) groups is 1. The number of nitrogens with one attached hydrogen (secondary N) is 1. The Bertz CT molecular complexity index is 756. The van der Waals surface area contributed by atoms with E-state index in [4.69, 9.17) is 17.3 Å². The lowest BCUT2D eigenvalue weighted by atomic mass is 10.1. The van der Waals surface area contributed by atoms with E-state index in [1.807, 2.05) is 26.2 Å². The van der Waals surface area contributed by atoms with Gasteiger partial charge in [0.2, 0.25) is 0 Å². The Labute approximate surface area is 142 Å². The number of halogens is 1. The molecular formula is C15H15ClN2O2S2. The summed E-state index contributed by atoms with van der Waals surface area (Å²) >= 11 is 8.94. The zero-order valence-electron chi connectivity index (χ0n) is 12.3. The molecule has 1 aromatic carbocycles. The highest BCUT2D eigenvalue weighted by Gasteiger charge is 2.20. The van der Waals surface area contributed by atoms with Crippen molar-refractivity contribution in [1.82, 2.24) is 0 Å². The molecule has 1 heterocycles. The third-order valence-corrected chi connectivity index (χ3v) is 5.45. The molecule has 0 saturated heterocycles. The summed E-state index contributed by atoms with van der Waals surface area (Å²) in [7, 11) is 0. The Balaban J connectivity index is 2.38. The van der Waals surface area contributed by atoms with Gasteiger partial charge in [-0.2, -0.15) is 0 Å². The van der Waals surface area contributed by atoms with E-state index in [1.54, 1.807) is 12.1 Å². The highest BCUT2D eigenvalue weighted by atomic mass is 35.5. The first-order valence-corrected chi connectivity index (χ1v) is 8.81. The number of rotatable bonds is 4. The summed E-state index contributed by atoms with van der Waals surface area (Å²) in [4.78, 5) is 25.9. The van der Waals surface area contributed by atoms with Crippen molar-refractivity contribution in [2.75, 3.05) is 11.6 Å². The van der Waals surface area contributed by atoms with Gasteiger partial charge >= 0.3 is 0 Å². The smallest absolute Gasteiger partial charge is 0.257 e. The molecule has 0 aliphatic carbocycles. The highest BCUT2D eigenvalue weighted by Crippen LogP contribution is 2.33. The molecule has 0 atom stereocenters. The maximum absolute atomic E-state index is 12.4. The Morgan fingerprint density at radius 1 is 1.32 bits per heavy atom. The minimum absolute atomic E-state index is 0.355. The van der Waals surface area contributed by atoms with Gasteiger partial charge in [0.15, 0.2) is 0 Å². The molecule has 0 bridgehead atoms. The summed E-state index contributed by atoms with van der Waals surface area (Å²) in [6.45, 7) is 3.69. The summed E-state index contributed by atoms with van der Waals surface area (Å²) in [6, 6.07) is 5.25. The number of aryl methyl sites for hydroxylation is 1. The highest BCUT2D eigenvalue weighted by molar-refractivity contribution is 7.98. The molecule has 3 N–H and O–H groups in total. The van der Waals surface area contributed by atoms with Crippen LogP contribution in [0.2, 0.25) is 5.02 Å². The van der Waals surface area contributed by atoms with Crippen LogP contribution in [0.3, 0.4) is 0 Å². The number of carbonyl (C=O) groups excluding carboxylic acids is 2. The monoisotopic (exact) mass is 354 g/mol. The number of hydrogen-bond donors (Lipinski definition) is 2. The average molecular weight is 355 g/mol. The minimum atomic E-state index is -0.555. The lowest BCUT2D eigenvalue weighted by Gasteiger charge is -2.08. The number of hydrogen-bond acceptors (Lipinski definition) is 4. The summed E-state index contributed by atoms with van der Waals surface area (Å²) in [5, 5.41) is 3.57. The fourth-order valence-electron chi connectivity index (χ4n) is 1.99. The predicted octanol–water partition coefficient (Wildman–Crippen LogP) is 4.09. The Kier molecular flexibility index (Phi) is 5.16. The molecule has 0 aliphatic heterocycles. The van der Waals surface area contributed by atoms with Crippen LogP contribution in [0.1, 0.15) is 31.2 Å². The molecule has 0 saturated carbocycles. The number of anilines is 1. The van der Waals surface area contributed by atoms with Gasteiger partial charge in [-0.25, -0.2) is 0 Å². The molecule has 22 heavy (non-hydrogen) atoms. The summed E-state index contributed by atoms with van der Waals surface area (Å²) in [6.07, 6.45) is 1.92.